The van der Waals surface area contributed by atoms with Gasteiger partial charge in [-0.1, -0.05) is 18.9 Å². The molecule has 1 aliphatic rings. The number of rotatable bonds is 5. The SMILES string of the molecule is COc1ccc(C(O)CCN2CCCCCC2)c(C)c1. The van der Waals surface area contributed by atoms with Gasteiger partial charge in [0.15, 0.2) is 0 Å². The number of benzene rings is 1. The Morgan fingerprint density at radius 3 is 2.50 bits per heavy atom. The molecule has 0 spiro atoms. The first-order valence-corrected chi connectivity index (χ1v) is 7.75. The van der Waals surface area contributed by atoms with Crippen molar-refractivity contribution in [1.29, 1.82) is 0 Å². The summed E-state index contributed by atoms with van der Waals surface area (Å²) < 4.78 is 5.21. The van der Waals surface area contributed by atoms with Crippen molar-refractivity contribution in [2.75, 3.05) is 26.7 Å². The molecule has 1 unspecified atom stereocenters. The summed E-state index contributed by atoms with van der Waals surface area (Å²) in [4.78, 5) is 2.50. The summed E-state index contributed by atoms with van der Waals surface area (Å²) in [5.74, 6) is 0.853. The van der Waals surface area contributed by atoms with Gasteiger partial charge in [0.05, 0.1) is 13.2 Å². The lowest BCUT2D eigenvalue weighted by molar-refractivity contribution is 0.142. The Labute approximate surface area is 122 Å². The number of aliphatic hydroxyl groups excluding tert-OH is 1. The van der Waals surface area contributed by atoms with Crippen molar-refractivity contribution < 1.29 is 9.84 Å². The lowest BCUT2D eigenvalue weighted by Gasteiger charge is -2.22. The van der Waals surface area contributed by atoms with E-state index >= 15 is 0 Å². The molecule has 0 radical (unpaired) electrons. The summed E-state index contributed by atoms with van der Waals surface area (Å²) >= 11 is 0. The second-order valence-corrected chi connectivity index (χ2v) is 5.78. The highest BCUT2D eigenvalue weighted by atomic mass is 16.5. The van der Waals surface area contributed by atoms with E-state index in [0.717, 1.165) is 29.8 Å². The Bertz CT molecular complexity index is 411. The van der Waals surface area contributed by atoms with Gasteiger partial charge in [-0.15, -0.1) is 0 Å². The molecule has 2 rings (SSSR count). The number of aryl methyl sites for hydroxylation is 1. The maximum absolute atomic E-state index is 10.4. The van der Waals surface area contributed by atoms with Crippen LogP contribution in [-0.4, -0.2) is 36.8 Å². The first-order valence-electron chi connectivity index (χ1n) is 7.75. The number of methoxy groups -OCH3 is 1. The van der Waals surface area contributed by atoms with Crippen LogP contribution in [0.1, 0.15) is 49.3 Å². The third-order valence-corrected chi connectivity index (χ3v) is 4.25. The van der Waals surface area contributed by atoms with Crippen molar-refractivity contribution in [3.63, 3.8) is 0 Å². The molecule has 0 saturated carbocycles. The van der Waals surface area contributed by atoms with Gasteiger partial charge in [-0.3, -0.25) is 0 Å². The predicted octanol–water partition coefficient (Wildman–Crippen LogP) is 3.30. The van der Waals surface area contributed by atoms with E-state index in [1.807, 2.05) is 25.1 Å². The Morgan fingerprint density at radius 2 is 1.90 bits per heavy atom. The molecule has 0 bridgehead atoms. The molecule has 1 atom stereocenters. The summed E-state index contributed by atoms with van der Waals surface area (Å²) in [6.45, 7) is 5.41. The van der Waals surface area contributed by atoms with Gasteiger partial charge < -0.3 is 14.7 Å². The fraction of sp³-hybridized carbons (Fsp3) is 0.647. The Morgan fingerprint density at radius 1 is 1.20 bits per heavy atom. The number of likely N-dealkylation sites (tertiary alicyclic amines) is 1. The van der Waals surface area contributed by atoms with Crippen LogP contribution in [0.25, 0.3) is 0 Å². The molecule has 0 aromatic heterocycles. The zero-order chi connectivity index (χ0) is 14.4. The maximum Gasteiger partial charge on any atom is 0.119 e. The summed E-state index contributed by atoms with van der Waals surface area (Å²) in [6, 6.07) is 5.91. The van der Waals surface area contributed by atoms with Crippen LogP contribution in [-0.2, 0) is 0 Å². The summed E-state index contributed by atoms with van der Waals surface area (Å²) in [5, 5.41) is 10.4. The smallest absolute Gasteiger partial charge is 0.119 e. The van der Waals surface area contributed by atoms with Crippen molar-refractivity contribution in [2.24, 2.45) is 0 Å². The number of aliphatic hydroxyl groups is 1. The second kappa shape index (κ2) is 7.65. The van der Waals surface area contributed by atoms with Crippen LogP contribution in [0.15, 0.2) is 18.2 Å². The largest absolute Gasteiger partial charge is 0.497 e. The molecule has 3 heteroatoms. The highest BCUT2D eigenvalue weighted by Crippen LogP contribution is 2.25. The molecule has 1 aromatic carbocycles. The number of ether oxygens (including phenoxy) is 1. The molecule has 1 fully saturated rings. The first kappa shape index (κ1) is 15.3. The van der Waals surface area contributed by atoms with Gasteiger partial charge in [0, 0.05) is 6.54 Å². The van der Waals surface area contributed by atoms with E-state index in [9.17, 15) is 5.11 Å². The van der Waals surface area contributed by atoms with Crippen LogP contribution in [0.5, 0.6) is 5.75 Å². The zero-order valence-electron chi connectivity index (χ0n) is 12.8. The second-order valence-electron chi connectivity index (χ2n) is 5.78. The average molecular weight is 277 g/mol. The Balaban J connectivity index is 1.89. The molecule has 0 amide bonds. The minimum absolute atomic E-state index is 0.371. The standard InChI is InChI=1S/C17H27NO2/c1-14-13-15(20-2)7-8-16(14)17(19)9-12-18-10-5-3-4-6-11-18/h7-8,13,17,19H,3-6,9-12H2,1-2H3. The van der Waals surface area contributed by atoms with Crippen LogP contribution in [0.2, 0.25) is 0 Å². The van der Waals surface area contributed by atoms with E-state index in [0.29, 0.717) is 0 Å². The van der Waals surface area contributed by atoms with Crippen LogP contribution < -0.4 is 4.74 Å². The molecular formula is C17H27NO2. The van der Waals surface area contributed by atoms with E-state index in [1.54, 1.807) is 7.11 Å². The summed E-state index contributed by atoms with van der Waals surface area (Å²) in [6.07, 6.45) is 5.76. The molecule has 1 saturated heterocycles. The lowest BCUT2D eigenvalue weighted by atomic mass is 10.0. The molecule has 1 aliphatic heterocycles. The van der Waals surface area contributed by atoms with Gasteiger partial charge in [0.2, 0.25) is 0 Å². The van der Waals surface area contributed by atoms with Crippen LogP contribution in [0.4, 0.5) is 0 Å². The van der Waals surface area contributed by atoms with E-state index < -0.39 is 0 Å². The Kier molecular flexibility index (Phi) is 5.86. The van der Waals surface area contributed by atoms with Gasteiger partial charge in [0.1, 0.15) is 5.75 Å². The molecule has 1 N–H and O–H groups in total. The van der Waals surface area contributed by atoms with E-state index in [1.165, 1.54) is 38.8 Å². The van der Waals surface area contributed by atoms with Gasteiger partial charge in [-0.2, -0.15) is 0 Å². The fourth-order valence-electron chi connectivity index (χ4n) is 2.97. The van der Waals surface area contributed by atoms with Crippen molar-refractivity contribution in [3.8, 4) is 5.75 Å². The van der Waals surface area contributed by atoms with Crippen LogP contribution >= 0.6 is 0 Å². The quantitative estimate of drug-likeness (QED) is 0.896. The molecular weight excluding hydrogens is 250 g/mol. The van der Waals surface area contributed by atoms with Crippen LogP contribution in [0.3, 0.4) is 0 Å². The van der Waals surface area contributed by atoms with Crippen molar-refractivity contribution in [2.45, 2.75) is 45.1 Å². The van der Waals surface area contributed by atoms with Gasteiger partial charge in [0.25, 0.3) is 0 Å². The Hall–Kier alpha value is -1.06. The molecule has 112 valence electrons. The highest BCUT2D eigenvalue weighted by Gasteiger charge is 2.14. The van der Waals surface area contributed by atoms with Crippen LogP contribution in [0, 0.1) is 6.92 Å². The molecule has 0 aliphatic carbocycles. The number of hydrogen-bond donors (Lipinski definition) is 1. The van der Waals surface area contributed by atoms with E-state index in [4.69, 9.17) is 4.74 Å². The molecule has 20 heavy (non-hydrogen) atoms. The number of nitrogens with zero attached hydrogens (tertiary/aromatic N) is 1. The van der Waals surface area contributed by atoms with Crippen molar-refractivity contribution in [3.05, 3.63) is 29.3 Å². The van der Waals surface area contributed by atoms with Crippen molar-refractivity contribution >= 4 is 0 Å². The third kappa shape index (κ3) is 4.22. The first-order chi connectivity index (χ1) is 9.70. The lowest BCUT2D eigenvalue weighted by Crippen LogP contribution is -2.27. The van der Waals surface area contributed by atoms with Gasteiger partial charge >= 0.3 is 0 Å². The predicted molar refractivity (Wildman–Crippen MR) is 82.2 cm³/mol. The molecule has 1 aromatic rings. The van der Waals surface area contributed by atoms with Gasteiger partial charge in [-0.25, -0.2) is 0 Å². The normalized spacial score (nSPS) is 18.6. The fourth-order valence-corrected chi connectivity index (χ4v) is 2.97. The summed E-state index contributed by atoms with van der Waals surface area (Å²) in [7, 11) is 1.67. The minimum atomic E-state index is -0.371. The van der Waals surface area contributed by atoms with E-state index in [2.05, 4.69) is 4.90 Å². The third-order valence-electron chi connectivity index (χ3n) is 4.25. The molecule has 3 nitrogen and oxygen atoms in total. The van der Waals surface area contributed by atoms with Crippen molar-refractivity contribution in [1.82, 2.24) is 4.90 Å². The average Bonchev–Trinajstić information content (AvgIpc) is 2.73. The maximum atomic E-state index is 10.4. The monoisotopic (exact) mass is 277 g/mol. The van der Waals surface area contributed by atoms with Gasteiger partial charge in [-0.05, 0) is 62.5 Å². The molecule has 1 heterocycles. The minimum Gasteiger partial charge on any atom is -0.497 e. The van der Waals surface area contributed by atoms with E-state index in [-0.39, 0.29) is 6.10 Å². The topological polar surface area (TPSA) is 32.7 Å². The summed E-state index contributed by atoms with van der Waals surface area (Å²) in [5.41, 5.74) is 2.13. The highest BCUT2D eigenvalue weighted by molar-refractivity contribution is 5.35. The number of hydrogen-bond acceptors (Lipinski definition) is 3. The zero-order valence-corrected chi connectivity index (χ0v) is 12.8.